The van der Waals surface area contributed by atoms with Crippen molar-refractivity contribution in [2.75, 3.05) is 12.3 Å². The Hall–Kier alpha value is -1.49. The highest BCUT2D eigenvalue weighted by molar-refractivity contribution is 7.99. The predicted octanol–water partition coefficient (Wildman–Crippen LogP) is 4.17. The lowest BCUT2D eigenvalue weighted by molar-refractivity contribution is -0.565. The molecule has 1 aromatic rings. The van der Waals surface area contributed by atoms with E-state index in [0.717, 1.165) is 21.9 Å². The minimum atomic E-state index is -0.321. The number of carbonyl (C=O) groups is 1. The zero-order valence-corrected chi connectivity index (χ0v) is 15.3. The van der Waals surface area contributed by atoms with E-state index < -0.39 is 0 Å². The molecule has 0 aromatic heterocycles. The molecule has 0 amide bonds. The number of rotatable bonds is 8. The van der Waals surface area contributed by atoms with Crippen LogP contribution >= 0.6 is 23.4 Å². The van der Waals surface area contributed by atoms with Gasteiger partial charge >= 0.3 is 5.97 Å². The number of nitrogens with two attached hydrogens (primary N) is 1. The Labute approximate surface area is 147 Å². The number of carbonyl (C=O) groups excluding carboxylic acids is 1. The van der Waals surface area contributed by atoms with Crippen LogP contribution in [0.2, 0.25) is 0 Å². The Balaban J connectivity index is 2.96. The molecular weight excluding hydrogens is 330 g/mol. The van der Waals surface area contributed by atoms with Crippen LogP contribution < -0.4 is 10.1 Å². The molecule has 5 heteroatoms. The van der Waals surface area contributed by atoms with E-state index >= 15 is 0 Å². The molecular formula is C18H23ClNO2S+. The molecule has 0 heterocycles. The zero-order chi connectivity index (χ0) is 17.2. The van der Waals surface area contributed by atoms with E-state index in [1.807, 2.05) is 37.3 Å². The van der Waals surface area contributed by atoms with Crippen molar-refractivity contribution < 1.29 is 14.8 Å². The van der Waals surface area contributed by atoms with Gasteiger partial charge < -0.3 is 10.1 Å². The van der Waals surface area contributed by atoms with Crippen LogP contribution in [0.4, 0.5) is 5.69 Å². The fourth-order valence-electron chi connectivity index (χ4n) is 1.89. The molecule has 0 bridgehead atoms. The second kappa shape index (κ2) is 10.3. The molecule has 0 atom stereocenters. The lowest BCUT2D eigenvalue weighted by atomic mass is 10.2. The molecule has 3 nitrogen and oxygen atoms in total. The van der Waals surface area contributed by atoms with Crippen molar-refractivity contribution in [3.05, 3.63) is 53.6 Å². The van der Waals surface area contributed by atoms with Gasteiger partial charge in [-0.1, -0.05) is 37.3 Å². The van der Waals surface area contributed by atoms with Gasteiger partial charge in [-0.3, -0.25) is 4.79 Å². The van der Waals surface area contributed by atoms with Crippen molar-refractivity contribution >= 4 is 35.0 Å². The maximum Gasteiger partial charge on any atom is 0.308 e. The average molecular weight is 353 g/mol. The van der Waals surface area contributed by atoms with Gasteiger partial charge in [-0.25, -0.2) is 0 Å². The summed E-state index contributed by atoms with van der Waals surface area (Å²) < 4.78 is 5.17. The number of allylic oxidation sites excluding steroid dienone is 3. The molecule has 0 aliphatic heterocycles. The number of hydrogen-bond acceptors (Lipinski definition) is 3. The first-order valence-corrected chi connectivity index (χ1v) is 8.79. The summed E-state index contributed by atoms with van der Waals surface area (Å²) >= 11 is 7.80. The number of benzene rings is 1. The Bertz CT molecular complexity index is 623. The van der Waals surface area contributed by atoms with Crippen LogP contribution in [0.15, 0.2) is 58.5 Å². The van der Waals surface area contributed by atoms with Gasteiger partial charge in [0, 0.05) is 23.6 Å². The van der Waals surface area contributed by atoms with Crippen LogP contribution in [0.1, 0.15) is 20.8 Å². The van der Waals surface area contributed by atoms with E-state index in [1.54, 1.807) is 17.8 Å². The van der Waals surface area contributed by atoms with Crippen LogP contribution in [0.5, 0.6) is 5.75 Å². The second-order valence-electron chi connectivity index (χ2n) is 4.73. The Morgan fingerprint density at radius 3 is 2.78 bits per heavy atom. The molecule has 1 rings (SSSR count). The normalized spacial score (nSPS) is 12.2. The van der Waals surface area contributed by atoms with Gasteiger partial charge in [0.15, 0.2) is 0 Å². The third-order valence-electron chi connectivity index (χ3n) is 2.96. The number of quaternary nitrogens is 1. The highest BCUT2D eigenvalue weighted by Gasteiger charge is 2.10. The Kier molecular flexibility index (Phi) is 8.77. The number of esters is 1. The first-order chi connectivity index (χ1) is 11.0. The van der Waals surface area contributed by atoms with Crippen LogP contribution in [0.25, 0.3) is 0 Å². The standard InChI is InChI=1S/C18H22ClNO2S/c1-5-14(10-15(19)6-2)12-20-17-11-16(22-13(4)21)8-9-18(17)23-7-3/h5-6,8-11,20H,1,7,12H2,2-4H3/p+1/b14-10+,15-6+. The summed E-state index contributed by atoms with van der Waals surface area (Å²) in [4.78, 5) is 12.3. The second-order valence-corrected chi connectivity index (χ2v) is 6.47. The summed E-state index contributed by atoms with van der Waals surface area (Å²) in [5.74, 6) is 1.21. The molecule has 0 saturated heterocycles. The molecule has 23 heavy (non-hydrogen) atoms. The van der Waals surface area contributed by atoms with Crippen molar-refractivity contribution in [2.24, 2.45) is 0 Å². The quantitative estimate of drug-likeness (QED) is 0.251. The van der Waals surface area contributed by atoms with Crippen molar-refractivity contribution in [3.63, 3.8) is 0 Å². The predicted molar refractivity (Wildman–Crippen MR) is 98.5 cm³/mol. The van der Waals surface area contributed by atoms with Crippen LogP contribution in [0, 0.1) is 0 Å². The van der Waals surface area contributed by atoms with E-state index in [1.165, 1.54) is 6.92 Å². The van der Waals surface area contributed by atoms with Gasteiger partial charge in [0.2, 0.25) is 0 Å². The first kappa shape index (κ1) is 19.6. The fraction of sp³-hybridized carbons (Fsp3) is 0.278. The minimum Gasteiger partial charge on any atom is -0.426 e. The molecule has 0 radical (unpaired) electrons. The summed E-state index contributed by atoms with van der Waals surface area (Å²) in [6, 6.07) is 5.68. The van der Waals surface area contributed by atoms with E-state index in [2.05, 4.69) is 18.8 Å². The SMILES string of the molecule is C=C/C(=C\C(Cl)=C/C)C[NH2+]c1cc(OC(C)=O)ccc1SCC. The lowest BCUT2D eigenvalue weighted by Gasteiger charge is -2.09. The summed E-state index contributed by atoms with van der Waals surface area (Å²) in [6.07, 6.45) is 5.53. The number of thioether (sulfide) groups is 1. The van der Waals surface area contributed by atoms with Crippen molar-refractivity contribution in [1.29, 1.82) is 0 Å². The van der Waals surface area contributed by atoms with Gasteiger partial charge in [-0.15, -0.1) is 11.8 Å². The highest BCUT2D eigenvalue weighted by atomic mass is 35.5. The number of hydrogen-bond donors (Lipinski definition) is 1. The zero-order valence-electron chi connectivity index (χ0n) is 13.8. The Morgan fingerprint density at radius 1 is 1.48 bits per heavy atom. The Morgan fingerprint density at radius 2 is 2.22 bits per heavy atom. The maximum absolute atomic E-state index is 11.1. The van der Waals surface area contributed by atoms with Gasteiger partial charge in [-0.05, 0) is 30.9 Å². The van der Waals surface area contributed by atoms with Crippen molar-refractivity contribution in [3.8, 4) is 5.75 Å². The molecule has 2 N–H and O–H groups in total. The van der Waals surface area contributed by atoms with Crippen molar-refractivity contribution in [1.82, 2.24) is 0 Å². The fourth-order valence-corrected chi connectivity index (χ4v) is 2.82. The smallest absolute Gasteiger partial charge is 0.308 e. The van der Waals surface area contributed by atoms with E-state index in [4.69, 9.17) is 16.3 Å². The largest absolute Gasteiger partial charge is 0.426 e. The molecule has 0 saturated carbocycles. The summed E-state index contributed by atoms with van der Waals surface area (Å²) in [7, 11) is 0. The highest BCUT2D eigenvalue weighted by Crippen LogP contribution is 2.28. The van der Waals surface area contributed by atoms with Gasteiger partial charge in [-0.2, -0.15) is 0 Å². The molecule has 0 fully saturated rings. The topological polar surface area (TPSA) is 42.9 Å². The van der Waals surface area contributed by atoms with Crippen LogP contribution in [0.3, 0.4) is 0 Å². The molecule has 1 aromatic carbocycles. The van der Waals surface area contributed by atoms with Crippen LogP contribution in [-0.4, -0.2) is 18.3 Å². The third-order valence-corrected chi connectivity index (χ3v) is 4.26. The summed E-state index contributed by atoms with van der Waals surface area (Å²) in [5.41, 5.74) is 2.07. The minimum absolute atomic E-state index is 0.321. The third kappa shape index (κ3) is 7.08. The molecule has 0 unspecified atom stereocenters. The molecule has 0 aliphatic carbocycles. The maximum atomic E-state index is 11.1. The summed E-state index contributed by atoms with van der Waals surface area (Å²) in [6.45, 7) is 9.93. The van der Waals surface area contributed by atoms with Crippen molar-refractivity contribution in [2.45, 2.75) is 25.7 Å². The molecule has 0 aliphatic rings. The van der Waals surface area contributed by atoms with Gasteiger partial charge in [0.05, 0.1) is 4.90 Å². The number of ether oxygens (including phenoxy) is 1. The van der Waals surface area contributed by atoms with Crippen LogP contribution in [-0.2, 0) is 4.79 Å². The molecule has 124 valence electrons. The summed E-state index contributed by atoms with van der Waals surface area (Å²) in [5, 5.41) is 2.78. The van der Waals surface area contributed by atoms with E-state index in [0.29, 0.717) is 17.3 Å². The van der Waals surface area contributed by atoms with Gasteiger partial charge in [0.25, 0.3) is 0 Å². The average Bonchev–Trinajstić information content (AvgIpc) is 2.52. The van der Waals surface area contributed by atoms with E-state index in [-0.39, 0.29) is 5.97 Å². The first-order valence-electron chi connectivity index (χ1n) is 7.43. The number of halogens is 1. The molecule has 0 spiro atoms. The lowest BCUT2D eigenvalue weighted by Crippen LogP contribution is -2.78. The van der Waals surface area contributed by atoms with Gasteiger partial charge in [0.1, 0.15) is 18.0 Å². The monoisotopic (exact) mass is 352 g/mol. The van der Waals surface area contributed by atoms with E-state index in [9.17, 15) is 4.79 Å².